The van der Waals surface area contributed by atoms with E-state index < -0.39 is 0 Å². The summed E-state index contributed by atoms with van der Waals surface area (Å²) in [7, 11) is 1.65. The van der Waals surface area contributed by atoms with Crippen LogP contribution in [0, 0.1) is 6.92 Å². The monoisotopic (exact) mass is 395 g/mol. The number of nitrogens with zero attached hydrogens (tertiary/aromatic N) is 1. The number of aromatic nitrogens is 1. The summed E-state index contributed by atoms with van der Waals surface area (Å²) in [6.45, 7) is 2.60. The van der Waals surface area contributed by atoms with Gasteiger partial charge in [-0.05, 0) is 60.9 Å². The SMILES string of the molecule is COc1ccc(CCNc2ccnc(C(=O)Nc3cccc(Cl)c3C)c2)cc1. The van der Waals surface area contributed by atoms with Gasteiger partial charge in [0.1, 0.15) is 11.4 Å². The van der Waals surface area contributed by atoms with Crippen molar-refractivity contribution in [1.82, 2.24) is 4.98 Å². The molecule has 0 aliphatic rings. The molecule has 0 atom stereocenters. The number of carbonyl (C=O) groups excluding carboxylic acids is 1. The van der Waals surface area contributed by atoms with Crippen LogP contribution in [-0.4, -0.2) is 24.5 Å². The Hall–Kier alpha value is -3.05. The first kappa shape index (κ1) is 19.7. The fourth-order valence-corrected chi connectivity index (χ4v) is 2.91. The van der Waals surface area contributed by atoms with E-state index in [1.807, 2.05) is 43.3 Å². The van der Waals surface area contributed by atoms with Crippen LogP contribution in [0.1, 0.15) is 21.6 Å². The molecular weight excluding hydrogens is 374 g/mol. The maximum atomic E-state index is 12.5. The number of ether oxygens (including phenoxy) is 1. The Morgan fingerprint density at radius 2 is 1.93 bits per heavy atom. The van der Waals surface area contributed by atoms with Crippen molar-refractivity contribution in [3.8, 4) is 5.75 Å². The third kappa shape index (κ3) is 5.02. The number of anilines is 2. The highest BCUT2D eigenvalue weighted by atomic mass is 35.5. The number of hydrogen-bond acceptors (Lipinski definition) is 4. The van der Waals surface area contributed by atoms with Gasteiger partial charge in [0.25, 0.3) is 5.91 Å². The lowest BCUT2D eigenvalue weighted by molar-refractivity contribution is 0.102. The number of carbonyl (C=O) groups is 1. The molecule has 28 heavy (non-hydrogen) atoms. The summed E-state index contributed by atoms with van der Waals surface area (Å²) in [6, 6.07) is 17.0. The van der Waals surface area contributed by atoms with Gasteiger partial charge < -0.3 is 15.4 Å². The summed E-state index contributed by atoms with van der Waals surface area (Å²) in [5.74, 6) is 0.570. The second-order valence-corrected chi connectivity index (χ2v) is 6.73. The minimum Gasteiger partial charge on any atom is -0.497 e. The van der Waals surface area contributed by atoms with E-state index in [9.17, 15) is 4.79 Å². The molecule has 1 aromatic heterocycles. The fourth-order valence-electron chi connectivity index (χ4n) is 2.74. The molecule has 0 spiro atoms. The molecule has 0 unspecified atom stereocenters. The molecule has 0 saturated heterocycles. The number of pyridine rings is 1. The standard InChI is InChI=1S/C22H22ClN3O2/c1-15-19(23)4-3-5-20(15)26-22(27)21-14-17(11-13-25-21)24-12-10-16-6-8-18(28-2)9-7-16/h3-9,11,13-14H,10,12H2,1-2H3,(H,24,25)(H,26,27). The van der Waals surface area contributed by atoms with Gasteiger partial charge in [-0.25, -0.2) is 0 Å². The van der Waals surface area contributed by atoms with Crippen molar-refractivity contribution in [1.29, 1.82) is 0 Å². The van der Waals surface area contributed by atoms with E-state index in [0.717, 1.165) is 30.0 Å². The molecule has 2 N–H and O–H groups in total. The summed E-state index contributed by atoms with van der Waals surface area (Å²) in [4.78, 5) is 16.7. The number of hydrogen-bond donors (Lipinski definition) is 2. The van der Waals surface area contributed by atoms with E-state index >= 15 is 0 Å². The third-order valence-corrected chi connectivity index (χ3v) is 4.82. The van der Waals surface area contributed by atoms with Crippen molar-refractivity contribution in [3.63, 3.8) is 0 Å². The van der Waals surface area contributed by atoms with Crippen LogP contribution in [0.15, 0.2) is 60.8 Å². The fraction of sp³-hybridized carbons (Fsp3) is 0.182. The molecule has 0 aliphatic carbocycles. The Morgan fingerprint density at radius 3 is 2.68 bits per heavy atom. The van der Waals surface area contributed by atoms with Crippen molar-refractivity contribution in [2.24, 2.45) is 0 Å². The first-order valence-electron chi connectivity index (χ1n) is 8.96. The van der Waals surface area contributed by atoms with Crippen LogP contribution >= 0.6 is 11.6 Å². The molecule has 0 radical (unpaired) electrons. The van der Waals surface area contributed by atoms with Gasteiger partial charge in [0, 0.05) is 29.1 Å². The number of methoxy groups -OCH3 is 1. The molecule has 5 nitrogen and oxygen atoms in total. The van der Waals surface area contributed by atoms with Crippen LogP contribution in [0.4, 0.5) is 11.4 Å². The van der Waals surface area contributed by atoms with Crippen LogP contribution in [0.3, 0.4) is 0 Å². The van der Waals surface area contributed by atoms with E-state index in [1.54, 1.807) is 31.5 Å². The Kier molecular flexibility index (Phi) is 6.50. The van der Waals surface area contributed by atoms with Gasteiger partial charge in [-0.1, -0.05) is 29.8 Å². The molecule has 0 saturated carbocycles. The quantitative estimate of drug-likeness (QED) is 0.593. The van der Waals surface area contributed by atoms with Crippen LogP contribution in [0.5, 0.6) is 5.75 Å². The van der Waals surface area contributed by atoms with E-state index in [2.05, 4.69) is 15.6 Å². The molecule has 6 heteroatoms. The summed E-state index contributed by atoms with van der Waals surface area (Å²) in [5, 5.41) is 6.80. The van der Waals surface area contributed by atoms with Crippen molar-refractivity contribution < 1.29 is 9.53 Å². The first-order valence-corrected chi connectivity index (χ1v) is 9.34. The van der Waals surface area contributed by atoms with E-state index in [1.165, 1.54) is 5.56 Å². The van der Waals surface area contributed by atoms with Crippen LogP contribution in [0.25, 0.3) is 0 Å². The van der Waals surface area contributed by atoms with Crippen LogP contribution in [0.2, 0.25) is 5.02 Å². The van der Waals surface area contributed by atoms with Gasteiger partial charge in [-0.3, -0.25) is 9.78 Å². The van der Waals surface area contributed by atoms with Crippen molar-refractivity contribution in [2.75, 3.05) is 24.3 Å². The van der Waals surface area contributed by atoms with Crippen LogP contribution < -0.4 is 15.4 Å². The summed E-state index contributed by atoms with van der Waals surface area (Å²) in [5.41, 5.74) is 3.89. The zero-order valence-corrected chi connectivity index (χ0v) is 16.6. The Balaban J connectivity index is 1.59. The number of amides is 1. The average Bonchev–Trinajstić information content (AvgIpc) is 2.72. The molecule has 2 aromatic carbocycles. The third-order valence-electron chi connectivity index (χ3n) is 4.41. The Morgan fingerprint density at radius 1 is 1.14 bits per heavy atom. The minimum atomic E-state index is -0.274. The maximum absolute atomic E-state index is 12.5. The number of rotatable bonds is 7. The predicted molar refractivity (Wildman–Crippen MR) is 114 cm³/mol. The largest absolute Gasteiger partial charge is 0.497 e. The second-order valence-electron chi connectivity index (χ2n) is 6.32. The Bertz CT molecular complexity index is 958. The lowest BCUT2D eigenvalue weighted by atomic mass is 10.1. The predicted octanol–water partition coefficient (Wildman–Crippen LogP) is 4.96. The normalized spacial score (nSPS) is 10.4. The Labute approximate surface area is 169 Å². The molecule has 144 valence electrons. The molecule has 3 aromatic rings. The number of halogens is 1. The second kappa shape index (κ2) is 9.24. The van der Waals surface area contributed by atoms with Gasteiger partial charge >= 0.3 is 0 Å². The summed E-state index contributed by atoms with van der Waals surface area (Å²) in [6.07, 6.45) is 2.48. The van der Waals surface area contributed by atoms with Gasteiger partial charge in [0.05, 0.1) is 7.11 Å². The zero-order chi connectivity index (χ0) is 19.9. The highest BCUT2D eigenvalue weighted by Gasteiger charge is 2.11. The first-order chi connectivity index (χ1) is 13.6. The van der Waals surface area contributed by atoms with Gasteiger partial charge in [-0.2, -0.15) is 0 Å². The average molecular weight is 396 g/mol. The van der Waals surface area contributed by atoms with E-state index in [-0.39, 0.29) is 5.91 Å². The smallest absolute Gasteiger partial charge is 0.274 e. The zero-order valence-electron chi connectivity index (χ0n) is 15.8. The topological polar surface area (TPSA) is 63.2 Å². The summed E-state index contributed by atoms with van der Waals surface area (Å²) >= 11 is 6.11. The highest BCUT2D eigenvalue weighted by Crippen LogP contribution is 2.23. The van der Waals surface area contributed by atoms with Crippen LogP contribution in [-0.2, 0) is 6.42 Å². The van der Waals surface area contributed by atoms with Gasteiger partial charge in [0.2, 0.25) is 0 Å². The molecule has 0 fully saturated rings. The maximum Gasteiger partial charge on any atom is 0.274 e. The van der Waals surface area contributed by atoms with E-state index in [4.69, 9.17) is 16.3 Å². The molecule has 0 bridgehead atoms. The highest BCUT2D eigenvalue weighted by molar-refractivity contribution is 6.31. The number of nitrogens with one attached hydrogen (secondary N) is 2. The van der Waals surface area contributed by atoms with Gasteiger partial charge in [-0.15, -0.1) is 0 Å². The molecule has 1 amide bonds. The van der Waals surface area contributed by atoms with Crippen molar-refractivity contribution in [2.45, 2.75) is 13.3 Å². The lowest BCUT2D eigenvalue weighted by Gasteiger charge is -2.11. The van der Waals surface area contributed by atoms with E-state index in [0.29, 0.717) is 16.4 Å². The van der Waals surface area contributed by atoms with Gasteiger partial charge in [0.15, 0.2) is 0 Å². The molecule has 1 heterocycles. The minimum absolute atomic E-state index is 0.274. The lowest BCUT2D eigenvalue weighted by Crippen LogP contribution is -2.15. The molecule has 3 rings (SSSR count). The molecule has 0 aliphatic heterocycles. The summed E-state index contributed by atoms with van der Waals surface area (Å²) < 4.78 is 5.17. The molecular formula is C22H22ClN3O2. The number of benzene rings is 2. The van der Waals surface area contributed by atoms with Crippen molar-refractivity contribution >= 4 is 28.9 Å². The van der Waals surface area contributed by atoms with Crippen molar-refractivity contribution in [3.05, 3.63) is 82.6 Å².